The Bertz CT molecular complexity index is 656. The Hall–Kier alpha value is -2.09. The van der Waals surface area contributed by atoms with Gasteiger partial charge in [0.2, 0.25) is 5.91 Å². The molecule has 0 unspecified atom stereocenters. The number of amides is 2. The maximum atomic E-state index is 11.8. The number of primary amides is 1. The second kappa shape index (κ2) is 7.07. The van der Waals surface area contributed by atoms with Crippen molar-refractivity contribution in [3.05, 3.63) is 57.7 Å². The normalized spacial score (nSPS) is 9.95. The molecule has 0 radical (unpaired) electrons. The third-order valence-corrected chi connectivity index (χ3v) is 3.29. The molecule has 0 aromatic heterocycles. The molecule has 0 heterocycles. The fourth-order valence-corrected chi connectivity index (χ4v) is 2.14. The highest BCUT2D eigenvalue weighted by Crippen LogP contribution is 2.15. The Kier molecular flexibility index (Phi) is 5.15. The number of ether oxygens (including phenoxy) is 1. The Balaban J connectivity index is 1.88. The van der Waals surface area contributed by atoms with Crippen molar-refractivity contribution >= 4 is 40.1 Å². The van der Waals surface area contributed by atoms with Crippen LogP contribution in [0.15, 0.2) is 48.5 Å². The van der Waals surface area contributed by atoms with Crippen LogP contribution in [0, 0.1) is 3.57 Å². The fraction of sp³-hybridized carbons (Fsp3) is 0.0667. The number of rotatable bonds is 5. The largest absolute Gasteiger partial charge is 0.484 e. The van der Waals surface area contributed by atoms with Crippen molar-refractivity contribution in [2.24, 2.45) is 5.73 Å². The molecule has 2 aromatic carbocycles. The average molecular weight is 396 g/mol. The molecule has 0 saturated carbocycles. The molecular formula is C15H13IN2O3. The van der Waals surface area contributed by atoms with Gasteiger partial charge in [0.05, 0.1) is 0 Å². The summed E-state index contributed by atoms with van der Waals surface area (Å²) in [4.78, 5) is 22.7. The van der Waals surface area contributed by atoms with E-state index >= 15 is 0 Å². The van der Waals surface area contributed by atoms with Gasteiger partial charge in [-0.25, -0.2) is 0 Å². The van der Waals surface area contributed by atoms with Crippen molar-refractivity contribution in [2.75, 3.05) is 11.9 Å². The van der Waals surface area contributed by atoms with Crippen LogP contribution < -0.4 is 15.8 Å². The van der Waals surface area contributed by atoms with Crippen LogP contribution in [0.2, 0.25) is 0 Å². The SMILES string of the molecule is NC(=O)c1ccc(NC(=O)COc2cccc(I)c2)cc1. The highest BCUT2D eigenvalue weighted by molar-refractivity contribution is 14.1. The van der Waals surface area contributed by atoms with E-state index in [4.69, 9.17) is 10.5 Å². The Morgan fingerprint density at radius 3 is 2.48 bits per heavy atom. The molecule has 0 saturated heterocycles. The minimum Gasteiger partial charge on any atom is -0.484 e. The maximum absolute atomic E-state index is 11.8. The van der Waals surface area contributed by atoms with Crippen LogP contribution in [0.25, 0.3) is 0 Å². The van der Waals surface area contributed by atoms with Crippen molar-refractivity contribution < 1.29 is 14.3 Å². The zero-order valence-corrected chi connectivity index (χ0v) is 13.2. The van der Waals surface area contributed by atoms with Gasteiger partial charge < -0.3 is 15.8 Å². The van der Waals surface area contributed by atoms with Gasteiger partial charge in [-0.2, -0.15) is 0 Å². The number of nitrogens with one attached hydrogen (secondary N) is 1. The monoisotopic (exact) mass is 396 g/mol. The molecule has 0 atom stereocenters. The van der Waals surface area contributed by atoms with E-state index < -0.39 is 5.91 Å². The summed E-state index contributed by atoms with van der Waals surface area (Å²) in [5.74, 6) is -0.142. The van der Waals surface area contributed by atoms with Crippen LogP contribution in [-0.2, 0) is 4.79 Å². The third kappa shape index (κ3) is 4.75. The van der Waals surface area contributed by atoms with Crippen LogP contribution in [0.4, 0.5) is 5.69 Å². The standard InChI is InChI=1S/C15H13IN2O3/c16-11-2-1-3-13(8-11)21-9-14(19)18-12-6-4-10(5-7-12)15(17)20/h1-8H,9H2,(H2,17,20)(H,18,19). The highest BCUT2D eigenvalue weighted by Gasteiger charge is 2.05. The van der Waals surface area contributed by atoms with Gasteiger partial charge in [0, 0.05) is 14.8 Å². The van der Waals surface area contributed by atoms with Gasteiger partial charge in [-0.3, -0.25) is 9.59 Å². The number of nitrogens with two attached hydrogens (primary N) is 1. The lowest BCUT2D eigenvalue weighted by Gasteiger charge is -2.08. The molecule has 0 fully saturated rings. The van der Waals surface area contributed by atoms with Gasteiger partial charge in [-0.1, -0.05) is 6.07 Å². The third-order valence-electron chi connectivity index (χ3n) is 2.62. The Morgan fingerprint density at radius 1 is 1.14 bits per heavy atom. The van der Waals surface area contributed by atoms with Gasteiger partial charge in [0.1, 0.15) is 5.75 Å². The molecular weight excluding hydrogens is 383 g/mol. The molecule has 5 nitrogen and oxygen atoms in total. The van der Waals surface area contributed by atoms with Gasteiger partial charge in [0.25, 0.3) is 5.91 Å². The van der Waals surface area contributed by atoms with Crippen molar-refractivity contribution in [3.8, 4) is 5.75 Å². The average Bonchev–Trinajstić information content (AvgIpc) is 2.46. The molecule has 2 amide bonds. The summed E-state index contributed by atoms with van der Waals surface area (Å²) in [6.45, 7) is -0.0857. The van der Waals surface area contributed by atoms with Crippen molar-refractivity contribution in [1.82, 2.24) is 0 Å². The lowest BCUT2D eigenvalue weighted by molar-refractivity contribution is -0.118. The van der Waals surface area contributed by atoms with Gasteiger partial charge >= 0.3 is 0 Å². The first-order valence-corrected chi connectivity index (χ1v) is 7.20. The maximum Gasteiger partial charge on any atom is 0.262 e. The van der Waals surface area contributed by atoms with E-state index in [-0.39, 0.29) is 12.5 Å². The van der Waals surface area contributed by atoms with E-state index in [0.717, 1.165) is 3.57 Å². The van der Waals surface area contributed by atoms with Crippen molar-refractivity contribution in [2.45, 2.75) is 0 Å². The molecule has 21 heavy (non-hydrogen) atoms. The molecule has 2 rings (SSSR count). The highest BCUT2D eigenvalue weighted by atomic mass is 127. The summed E-state index contributed by atoms with van der Waals surface area (Å²) in [7, 11) is 0. The molecule has 0 bridgehead atoms. The zero-order chi connectivity index (χ0) is 15.2. The summed E-state index contributed by atoms with van der Waals surface area (Å²) in [5, 5.41) is 2.67. The van der Waals surface area contributed by atoms with E-state index in [1.807, 2.05) is 18.2 Å². The van der Waals surface area contributed by atoms with Crippen LogP contribution in [0.3, 0.4) is 0 Å². The topological polar surface area (TPSA) is 81.4 Å². The summed E-state index contributed by atoms with van der Waals surface area (Å²) >= 11 is 2.17. The molecule has 0 aliphatic heterocycles. The predicted octanol–water partition coefficient (Wildman–Crippen LogP) is 2.41. The van der Waals surface area contributed by atoms with Gasteiger partial charge in [0.15, 0.2) is 6.61 Å². The smallest absolute Gasteiger partial charge is 0.262 e. The van der Waals surface area contributed by atoms with E-state index in [1.54, 1.807) is 30.3 Å². The summed E-state index contributed by atoms with van der Waals surface area (Å²) in [5.41, 5.74) is 6.11. The van der Waals surface area contributed by atoms with Crippen LogP contribution >= 0.6 is 22.6 Å². The van der Waals surface area contributed by atoms with Gasteiger partial charge in [-0.15, -0.1) is 0 Å². The second-order valence-corrected chi connectivity index (χ2v) is 5.48. The van der Waals surface area contributed by atoms with Crippen molar-refractivity contribution in [1.29, 1.82) is 0 Å². The molecule has 0 aliphatic carbocycles. The molecule has 2 aromatic rings. The minimum absolute atomic E-state index is 0.0857. The lowest BCUT2D eigenvalue weighted by Crippen LogP contribution is -2.20. The van der Waals surface area contributed by atoms with E-state index in [0.29, 0.717) is 17.0 Å². The van der Waals surface area contributed by atoms with Crippen LogP contribution in [0.5, 0.6) is 5.75 Å². The number of carbonyl (C=O) groups excluding carboxylic acids is 2. The molecule has 6 heteroatoms. The zero-order valence-electron chi connectivity index (χ0n) is 11.0. The number of hydrogen-bond donors (Lipinski definition) is 2. The molecule has 3 N–H and O–H groups in total. The first-order chi connectivity index (χ1) is 10.0. The fourth-order valence-electron chi connectivity index (χ4n) is 1.62. The van der Waals surface area contributed by atoms with E-state index in [1.165, 1.54) is 0 Å². The molecule has 108 valence electrons. The first kappa shape index (κ1) is 15.3. The van der Waals surface area contributed by atoms with Crippen LogP contribution in [-0.4, -0.2) is 18.4 Å². The number of hydrogen-bond acceptors (Lipinski definition) is 3. The molecule has 0 spiro atoms. The number of benzene rings is 2. The number of carbonyl (C=O) groups is 2. The second-order valence-electron chi connectivity index (χ2n) is 4.24. The predicted molar refractivity (Wildman–Crippen MR) is 88.2 cm³/mol. The van der Waals surface area contributed by atoms with Gasteiger partial charge in [-0.05, 0) is 65.1 Å². The summed E-state index contributed by atoms with van der Waals surface area (Å²) in [6, 6.07) is 13.8. The summed E-state index contributed by atoms with van der Waals surface area (Å²) in [6.07, 6.45) is 0. The minimum atomic E-state index is -0.505. The quantitative estimate of drug-likeness (QED) is 0.762. The Morgan fingerprint density at radius 2 is 1.86 bits per heavy atom. The lowest BCUT2D eigenvalue weighted by atomic mass is 10.2. The van der Waals surface area contributed by atoms with E-state index in [2.05, 4.69) is 27.9 Å². The van der Waals surface area contributed by atoms with Crippen molar-refractivity contribution in [3.63, 3.8) is 0 Å². The molecule has 0 aliphatic rings. The first-order valence-electron chi connectivity index (χ1n) is 6.12. The summed E-state index contributed by atoms with van der Waals surface area (Å²) < 4.78 is 6.43. The van der Waals surface area contributed by atoms with Crippen LogP contribution in [0.1, 0.15) is 10.4 Å². The number of halogens is 1. The Labute approximate surface area is 135 Å². The van der Waals surface area contributed by atoms with E-state index in [9.17, 15) is 9.59 Å². The number of anilines is 1.